The Kier molecular flexibility index (Phi) is 9.85. The molecule has 2 heterocycles. The molecule has 0 unspecified atom stereocenters. The predicted molar refractivity (Wildman–Crippen MR) is 164 cm³/mol. The molecular weight excluding hydrogens is 581 g/mol. The summed E-state index contributed by atoms with van der Waals surface area (Å²) in [7, 11) is 2.01. The highest BCUT2D eigenvalue weighted by Gasteiger charge is 2.48. The number of nitrogens with zero attached hydrogens (tertiary/aromatic N) is 4. The van der Waals surface area contributed by atoms with Gasteiger partial charge in [0.05, 0.1) is 5.69 Å². The first-order chi connectivity index (χ1) is 21.5. The minimum atomic E-state index is -0.885. The molecular formula is C32H44FN7O5. The van der Waals surface area contributed by atoms with Gasteiger partial charge in [0.25, 0.3) is 5.91 Å². The van der Waals surface area contributed by atoms with E-state index in [1.165, 1.54) is 12.1 Å². The maximum absolute atomic E-state index is 15.6. The standard InChI is InChI=1S/C32H44FN7O5/c1-6-25(41)35-27(32(44)40-14-13-39(5)17(2)16-40)18(3)22-11-12-24(23(33)15-22)34-31(43)29(26(20-7-8-20)21-9-10-21)36-30(42)28-19(4)37-45-38-28/h11-12,15,17-18,20-21,26-27,29H,6-10,13-14,16H2,1-5H3,(H,34,43)(H,35,41)(H,36,42)/t17-,18+,27-,29+/m1/s1. The Bertz CT molecular complexity index is 1410. The number of aryl methyl sites for hydroxylation is 1. The fourth-order valence-electron chi connectivity index (χ4n) is 6.32. The smallest absolute Gasteiger partial charge is 0.276 e. The fourth-order valence-corrected chi connectivity index (χ4v) is 6.32. The summed E-state index contributed by atoms with van der Waals surface area (Å²) in [4.78, 5) is 56.8. The quantitative estimate of drug-likeness (QED) is 0.326. The van der Waals surface area contributed by atoms with E-state index in [4.69, 9.17) is 0 Å². The third kappa shape index (κ3) is 7.51. The van der Waals surface area contributed by atoms with Gasteiger partial charge in [0.15, 0.2) is 5.69 Å². The maximum atomic E-state index is 15.6. The summed E-state index contributed by atoms with van der Waals surface area (Å²) in [6.45, 7) is 8.93. The first kappa shape index (κ1) is 32.5. The van der Waals surface area contributed by atoms with Crippen LogP contribution in [0.3, 0.4) is 0 Å². The van der Waals surface area contributed by atoms with E-state index in [1.807, 2.05) is 14.0 Å². The van der Waals surface area contributed by atoms with E-state index in [-0.39, 0.29) is 41.6 Å². The van der Waals surface area contributed by atoms with Crippen molar-refractivity contribution >= 4 is 29.3 Å². The summed E-state index contributed by atoms with van der Waals surface area (Å²) in [6.07, 6.45) is 4.13. The molecule has 1 saturated heterocycles. The summed E-state index contributed by atoms with van der Waals surface area (Å²) < 4.78 is 20.3. The number of aromatic nitrogens is 2. The van der Waals surface area contributed by atoms with E-state index in [0.29, 0.717) is 36.2 Å². The van der Waals surface area contributed by atoms with E-state index in [9.17, 15) is 19.2 Å². The minimum absolute atomic E-state index is 0.00737. The lowest BCUT2D eigenvalue weighted by Gasteiger charge is -2.40. The van der Waals surface area contributed by atoms with E-state index < -0.39 is 35.6 Å². The van der Waals surface area contributed by atoms with Gasteiger partial charge in [0.2, 0.25) is 17.7 Å². The number of rotatable bonds is 12. The molecule has 4 amide bonds. The third-order valence-corrected chi connectivity index (χ3v) is 9.61. The maximum Gasteiger partial charge on any atom is 0.276 e. The molecule has 12 nitrogen and oxygen atoms in total. The van der Waals surface area contributed by atoms with Crippen molar-refractivity contribution in [2.75, 3.05) is 32.0 Å². The van der Waals surface area contributed by atoms with E-state index in [0.717, 1.165) is 32.2 Å². The second-order valence-electron chi connectivity index (χ2n) is 12.9. The summed E-state index contributed by atoms with van der Waals surface area (Å²) in [5, 5.41) is 15.7. The van der Waals surface area contributed by atoms with Gasteiger partial charge in [-0.3, -0.25) is 19.2 Å². The molecule has 2 saturated carbocycles. The molecule has 1 aromatic carbocycles. The number of likely N-dealkylation sites (N-methyl/N-ethyl adjacent to an activating group) is 1. The van der Waals surface area contributed by atoms with Crippen LogP contribution >= 0.6 is 0 Å². The van der Waals surface area contributed by atoms with Crippen molar-refractivity contribution in [1.82, 2.24) is 30.7 Å². The zero-order valence-electron chi connectivity index (χ0n) is 26.6. The normalized spacial score (nSPS) is 20.8. The highest BCUT2D eigenvalue weighted by molar-refractivity contribution is 6.01. The molecule has 3 fully saturated rings. The molecule has 244 valence electrons. The molecule has 3 aliphatic rings. The SMILES string of the molecule is CCC(=O)N[C@@H](C(=O)N1CCN(C)[C@H](C)C1)[C@@H](C)c1ccc(NC(=O)[C@@H](NC(=O)c2nonc2C)C(C2CC2)C2CC2)c(F)c1. The zero-order valence-corrected chi connectivity index (χ0v) is 26.6. The van der Waals surface area contributed by atoms with Gasteiger partial charge in [-0.05, 0) is 87.2 Å². The van der Waals surface area contributed by atoms with Crippen LogP contribution in [-0.4, -0.2) is 88.5 Å². The number of hydrogen-bond acceptors (Lipinski definition) is 8. The van der Waals surface area contributed by atoms with Crippen molar-refractivity contribution in [3.05, 3.63) is 41.0 Å². The van der Waals surface area contributed by atoms with Crippen LogP contribution in [0.4, 0.5) is 10.1 Å². The van der Waals surface area contributed by atoms with Gasteiger partial charge >= 0.3 is 0 Å². The highest BCUT2D eigenvalue weighted by Crippen LogP contribution is 2.51. The van der Waals surface area contributed by atoms with Gasteiger partial charge in [-0.1, -0.05) is 25.1 Å². The van der Waals surface area contributed by atoms with Crippen molar-refractivity contribution in [3.63, 3.8) is 0 Å². The predicted octanol–water partition coefficient (Wildman–Crippen LogP) is 2.85. The van der Waals surface area contributed by atoms with E-state index >= 15 is 4.39 Å². The molecule has 13 heteroatoms. The summed E-state index contributed by atoms with van der Waals surface area (Å²) in [6, 6.07) is 2.83. The third-order valence-electron chi connectivity index (χ3n) is 9.61. The van der Waals surface area contributed by atoms with Crippen LogP contribution in [0.2, 0.25) is 0 Å². The Morgan fingerprint density at radius 1 is 1.04 bits per heavy atom. The summed E-state index contributed by atoms with van der Waals surface area (Å²) in [5.74, 6) is -2.20. The van der Waals surface area contributed by atoms with Gasteiger partial charge in [0, 0.05) is 38.0 Å². The van der Waals surface area contributed by atoms with Crippen LogP contribution in [0.15, 0.2) is 22.8 Å². The Labute approximate surface area is 262 Å². The number of hydrogen-bond donors (Lipinski definition) is 3. The number of halogens is 1. The van der Waals surface area contributed by atoms with Crippen LogP contribution < -0.4 is 16.0 Å². The summed E-state index contributed by atoms with van der Waals surface area (Å²) in [5.41, 5.74) is 0.794. The van der Waals surface area contributed by atoms with E-state index in [2.05, 4.69) is 35.8 Å². The molecule has 4 atom stereocenters. The first-order valence-electron chi connectivity index (χ1n) is 16.0. The molecule has 0 bridgehead atoms. The average Bonchev–Trinajstić information content (AvgIpc) is 3.96. The molecule has 2 aromatic rings. The van der Waals surface area contributed by atoms with Gasteiger partial charge in [-0.2, -0.15) is 0 Å². The second-order valence-corrected chi connectivity index (χ2v) is 12.9. The molecule has 2 aliphatic carbocycles. The van der Waals surface area contributed by atoms with Crippen molar-refractivity contribution in [2.45, 2.75) is 83.8 Å². The van der Waals surface area contributed by atoms with Crippen LogP contribution in [-0.2, 0) is 14.4 Å². The lowest BCUT2D eigenvalue weighted by molar-refractivity contribution is -0.139. The van der Waals surface area contributed by atoms with Crippen molar-refractivity contribution in [3.8, 4) is 0 Å². The molecule has 0 spiro atoms. The van der Waals surface area contributed by atoms with Crippen LogP contribution in [0.1, 0.15) is 80.5 Å². The monoisotopic (exact) mass is 625 g/mol. The molecule has 3 N–H and O–H groups in total. The number of anilines is 1. The molecule has 0 radical (unpaired) electrons. The number of benzene rings is 1. The number of piperazine rings is 1. The Hall–Kier alpha value is -3.87. The highest BCUT2D eigenvalue weighted by atomic mass is 19.1. The number of carbonyl (C=O) groups excluding carboxylic acids is 4. The van der Waals surface area contributed by atoms with Gasteiger partial charge < -0.3 is 25.8 Å². The molecule has 45 heavy (non-hydrogen) atoms. The van der Waals surface area contributed by atoms with Crippen LogP contribution in [0.5, 0.6) is 0 Å². The van der Waals surface area contributed by atoms with E-state index in [1.54, 1.807) is 31.7 Å². The van der Waals surface area contributed by atoms with Crippen molar-refractivity contribution in [2.24, 2.45) is 17.8 Å². The van der Waals surface area contributed by atoms with Gasteiger partial charge in [-0.25, -0.2) is 9.02 Å². The van der Waals surface area contributed by atoms with Crippen LogP contribution in [0.25, 0.3) is 0 Å². The van der Waals surface area contributed by atoms with Crippen molar-refractivity contribution < 1.29 is 28.2 Å². The molecule has 1 aliphatic heterocycles. The first-order valence-corrected chi connectivity index (χ1v) is 16.0. The topological polar surface area (TPSA) is 150 Å². The second kappa shape index (κ2) is 13.6. The lowest BCUT2D eigenvalue weighted by Crippen LogP contribution is -2.58. The van der Waals surface area contributed by atoms with Crippen LogP contribution in [0, 0.1) is 30.5 Å². The Morgan fingerprint density at radius 3 is 2.29 bits per heavy atom. The number of carbonyl (C=O) groups is 4. The summed E-state index contributed by atoms with van der Waals surface area (Å²) >= 11 is 0. The average molecular weight is 626 g/mol. The van der Waals surface area contributed by atoms with Crippen molar-refractivity contribution in [1.29, 1.82) is 0 Å². The number of amides is 4. The fraction of sp³-hybridized carbons (Fsp3) is 0.625. The van der Waals surface area contributed by atoms with Gasteiger partial charge in [-0.15, -0.1) is 0 Å². The number of nitrogens with one attached hydrogen (secondary N) is 3. The minimum Gasteiger partial charge on any atom is -0.344 e. The molecule has 1 aromatic heterocycles. The lowest BCUT2D eigenvalue weighted by atomic mass is 9.88. The van der Waals surface area contributed by atoms with Gasteiger partial charge in [0.1, 0.15) is 23.6 Å². The molecule has 5 rings (SSSR count). The largest absolute Gasteiger partial charge is 0.344 e. The Morgan fingerprint density at radius 2 is 1.73 bits per heavy atom. The Balaban J connectivity index is 1.33. The zero-order chi connectivity index (χ0) is 32.4.